The van der Waals surface area contributed by atoms with Crippen molar-refractivity contribution in [1.82, 2.24) is 5.32 Å². The third-order valence-electron chi connectivity index (χ3n) is 3.19. The summed E-state index contributed by atoms with van der Waals surface area (Å²) in [6.07, 6.45) is 0.974. The molecule has 1 amide bonds. The molecule has 2 aromatic rings. The predicted octanol–water partition coefficient (Wildman–Crippen LogP) is 4.43. The molecule has 126 valence electrons. The molecular formula is C18H19BrN2O2S. The van der Waals surface area contributed by atoms with Gasteiger partial charge in [0.05, 0.1) is 12.3 Å². The van der Waals surface area contributed by atoms with Gasteiger partial charge in [-0.25, -0.2) is 0 Å². The van der Waals surface area contributed by atoms with Gasteiger partial charge in [0, 0.05) is 10.9 Å². The quantitative estimate of drug-likeness (QED) is 0.550. The first kappa shape index (κ1) is 18.4. The van der Waals surface area contributed by atoms with E-state index in [0.717, 1.165) is 21.5 Å². The number of benzene rings is 2. The average Bonchev–Trinajstić information content (AvgIpc) is 2.55. The van der Waals surface area contributed by atoms with Crippen LogP contribution in [0.1, 0.15) is 18.4 Å². The fraction of sp³-hybridized carbons (Fsp3) is 0.222. The minimum Gasteiger partial charge on any atom is -0.494 e. The molecule has 0 atom stereocenters. The maximum atomic E-state index is 11.9. The van der Waals surface area contributed by atoms with Gasteiger partial charge in [-0.2, -0.15) is 0 Å². The number of para-hydroxylation sites is 1. The fourth-order valence-electron chi connectivity index (χ4n) is 2.00. The van der Waals surface area contributed by atoms with Gasteiger partial charge in [-0.1, -0.05) is 24.3 Å². The number of halogens is 1. The average molecular weight is 407 g/mol. The number of thiocarbonyl (C=S) groups is 1. The Balaban J connectivity index is 1.69. The van der Waals surface area contributed by atoms with Gasteiger partial charge in [0.25, 0.3) is 0 Å². The topological polar surface area (TPSA) is 50.4 Å². The molecule has 0 aliphatic heterocycles. The van der Waals surface area contributed by atoms with Crippen LogP contribution in [0.4, 0.5) is 5.69 Å². The van der Waals surface area contributed by atoms with Crippen molar-refractivity contribution < 1.29 is 9.53 Å². The van der Waals surface area contributed by atoms with E-state index in [4.69, 9.17) is 17.0 Å². The summed E-state index contributed by atoms with van der Waals surface area (Å²) >= 11 is 8.63. The molecule has 0 bridgehead atoms. The van der Waals surface area contributed by atoms with Gasteiger partial charge < -0.3 is 15.4 Å². The lowest BCUT2D eigenvalue weighted by Crippen LogP contribution is -2.34. The smallest absolute Gasteiger partial charge is 0.226 e. The predicted molar refractivity (Wildman–Crippen MR) is 104 cm³/mol. The Bertz CT molecular complexity index is 707. The second-order valence-electron chi connectivity index (χ2n) is 5.25. The molecule has 0 heterocycles. The van der Waals surface area contributed by atoms with Crippen molar-refractivity contribution in [2.45, 2.75) is 19.8 Å². The monoisotopic (exact) mass is 406 g/mol. The van der Waals surface area contributed by atoms with E-state index in [1.807, 2.05) is 55.5 Å². The van der Waals surface area contributed by atoms with Gasteiger partial charge in [-0.3, -0.25) is 4.79 Å². The van der Waals surface area contributed by atoms with Crippen molar-refractivity contribution in [2.75, 3.05) is 11.9 Å². The van der Waals surface area contributed by atoms with E-state index in [2.05, 4.69) is 26.6 Å². The standard InChI is InChI=1S/C18H19BrN2O2S/c1-13-9-10-16(15(19)12-13)20-18(24)21-17(22)8-5-11-23-14-6-3-2-4-7-14/h2-4,6-7,9-10,12H,5,8,11H2,1H3,(H2,20,21,22,24). The Hall–Kier alpha value is -1.92. The van der Waals surface area contributed by atoms with Crippen molar-refractivity contribution >= 4 is 44.9 Å². The number of anilines is 1. The molecule has 2 N–H and O–H groups in total. The summed E-state index contributed by atoms with van der Waals surface area (Å²) < 4.78 is 6.45. The van der Waals surface area contributed by atoms with Gasteiger partial charge in [0.1, 0.15) is 5.75 Å². The van der Waals surface area contributed by atoms with Crippen molar-refractivity contribution in [3.05, 3.63) is 58.6 Å². The Morgan fingerprint density at radius 1 is 1.21 bits per heavy atom. The largest absolute Gasteiger partial charge is 0.494 e. The van der Waals surface area contributed by atoms with Crippen LogP contribution in [-0.2, 0) is 4.79 Å². The van der Waals surface area contributed by atoms with E-state index in [9.17, 15) is 4.79 Å². The van der Waals surface area contributed by atoms with Crippen molar-refractivity contribution in [3.8, 4) is 5.75 Å². The summed E-state index contributed by atoms with van der Waals surface area (Å²) in [5, 5.41) is 5.97. The van der Waals surface area contributed by atoms with Crippen LogP contribution in [0.15, 0.2) is 53.0 Å². The number of carbonyl (C=O) groups excluding carboxylic acids is 1. The van der Waals surface area contributed by atoms with Crippen molar-refractivity contribution in [3.63, 3.8) is 0 Å². The molecule has 6 heteroatoms. The molecular weight excluding hydrogens is 388 g/mol. The maximum Gasteiger partial charge on any atom is 0.226 e. The zero-order valence-corrected chi connectivity index (χ0v) is 15.7. The van der Waals surface area contributed by atoms with Crippen LogP contribution >= 0.6 is 28.1 Å². The number of amides is 1. The number of nitrogens with one attached hydrogen (secondary N) is 2. The summed E-state index contributed by atoms with van der Waals surface area (Å²) in [6, 6.07) is 15.4. The molecule has 0 fully saturated rings. The van der Waals surface area contributed by atoms with E-state index in [0.29, 0.717) is 19.4 Å². The van der Waals surface area contributed by atoms with Gasteiger partial charge in [0.2, 0.25) is 5.91 Å². The van der Waals surface area contributed by atoms with E-state index < -0.39 is 0 Å². The van der Waals surface area contributed by atoms with Crippen LogP contribution in [-0.4, -0.2) is 17.6 Å². The highest BCUT2D eigenvalue weighted by atomic mass is 79.9. The van der Waals surface area contributed by atoms with Gasteiger partial charge >= 0.3 is 0 Å². The zero-order valence-electron chi connectivity index (χ0n) is 13.3. The summed E-state index contributed by atoms with van der Waals surface area (Å²) in [6.45, 7) is 2.49. The van der Waals surface area contributed by atoms with Crippen molar-refractivity contribution in [2.24, 2.45) is 0 Å². The molecule has 0 saturated carbocycles. The van der Waals surface area contributed by atoms with E-state index in [1.54, 1.807) is 0 Å². The van der Waals surface area contributed by atoms with Crippen LogP contribution in [0.25, 0.3) is 0 Å². The van der Waals surface area contributed by atoms with Crippen LogP contribution in [0.3, 0.4) is 0 Å². The lowest BCUT2D eigenvalue weighted by Gasteiger charge is -2.11. The summed E-state index contributed by atoms with van der Waals surface area (Å²) in [7, 11) is 0. The number of ether oxygens (including phenoxy) is 1. The Morgan fingerprint density at radius 3 is 2.67 bits per heavy atom. The van der Waals surface area contributed by atoms with E-state index >= 15 is 0 Å². The first-order valence-corrected chi connectivity index (χ1v) is 8.79. The lowest BCUT2D eigenvalue weighted by atomic mass is 10.2. The van der Waals surface area contributed by atoms with Gasteiger partial charge in [-0.15, -0.1) is 0 Å². The highest BCUT2D eigenvalue weighted by Crippen LogP contribution is 2.23. The molecule has 0 saturated heterocycles. The Morgan fingerprint density at radius 2 is 1.96 bits per heavy atom. The molecule has 2 rings (SSSR count). The van der Waals surface area contributed by atoms with Crippen LogP contribution in [0.2, 0.25) is 0 Å². The molecule has 4 nitrogen and oxygen atoms in total. The van der Waals surface area contributed by atoms with E-state index in [-0.39, 0.29) is 11.0 Å². The van der Waals surface area contributed by atoms with Gasteiger partial charge in [-0.05, 0) is 71.3 Å². The molecule has 0 aromatic heterocycles. The Labute approximate surface area is 155 Å². The second-order valence-corrected chi connectivity index (χ2v) is 6.51. The number of hydrogen-bond acceptors (Lipinski definition) is 3. The van der Waals surface area contributed by atoms with Crippen LogP contribution < -0.4 is 15.4 Å². The number of hydrogen-bond donors (Lipinski definition) is 2. The number of aryl methyl sites for hydroxylation is 1. The first-order chi connectivity index (χ1) is 11.5. The Kier molecular flexibility index (Phi) is 7.21. The number of carbonyl (C=O) groups is 1. The summed E-state index contributed by atoms with van der Waals surface area (Å²) in [4.78, 5) is 11.9. The van der Waals surface area contributed by atoms with E-state index in [1.165, 1.54) is 0 Å². The van der Waals surface area contributed by atoms with Crippen LogP contribution in [0, 0.1) is 6.92 Å². The van der Waals surface area contributed by atoms with Crippen molar-refractivity contribution in [1.29, 1.82) is 0 Å². The first-order valence-electron chi connectivity index (χ1n) is 7.59. The molecule has 24 heavy (non-hydrogen) atoms. The van der Waals surface area contributed by atoms with Crippen LogP contribution in [0.5, 0.6) is 5.75 Å². The minimum absolute atomic E-state index is 0.132. The molecule has 0 spiro atoms. The fourth-order valence-corrected chi connectivity index (χ4v) is 2.82. The normalized spacial score (nSPS) is 10.1. The number of rotatable bonds is 6. The summed E-state index contributed by atoms with van der Waals surface area (Å²) in [5.74, 6) is 0.673. The lowest BCUT2D eigenvalue weighted by molar-refractivity contribution is -0.119. The molecule has 0 aliphatic carbocycles. The second kappa shape index (κ2) is 9.39. The third-order valence-corrected chi connectivity index (χ3v) is 4.05. The van der Waals surface area contributed by atoms with Gasteiger partial charge in [0.15, 0.2) is 5.11 Å². The SMILES string of the molecule is Cc1ccc(NC(=S)NC(=O)CCCOc2ccccc2)c(Br)c1. The highest BCUT2D eigenvalue weighted by molar-refractivity contribution is 9.10. The highest BCUT2D eigenvalue weighted by Gasteiger charge is 2.07. The molecule has 2 aromatic carbocycles. The molecule has 0 unspecified atom stereocenters. The maximum absolute atomic E-state index is 11.9. The summed E-state index contributed by atoms with van der Waals surface area (Å²) in [5.41, 5.74) is 1.96. The zero-order chi connectivity index (χ0) is 17.4. The molecule has 0 aliphatic rings. The minimum atomic E-state index is -0.132. The third kappa shape index (κ3) is 6.29. The molecule has 0 radical (unpaired) electrons.